The van der Waals surface area contributed by atoms with Crippen molar-refractivity contribution in [3.05, 3.63) is 0 Å². The third-order valence-electron chi connectivity index (χ3n) is 3.56. The molecule has 6 nitrogen and oxygen atoms in total. The molecule has 0 saturated carbocycles. The molecule has 2 aliphatic rings. The highest BCUT2D eigenvalue weighted by molar-refractivity contribution is 5.95. The second-order valence-corrected chi connectivity index (χ2v) is 4.89. The molecular weight excluding hydrogens is 220 g/mol. The van der Waals surface area contributed by atoms with Gasteiger partial charge in [0.25, 0.3) is 0 Å². The van der Waals surface area contributed by atoms with E-state index in [1.807, 2.05) is 12.1 Å². The standard InChI is InChI=1S/C11H12N4O2/c1-14-6-10(4-12)3-11(5-13,8(14)16)7-15(2)9(10)17/h3,6-7H2,1-2H3. The molecule has 0 aromatic heterocycles. The Kier molecular flexibility index (Phi) is 2.15. The maximum Gasteiger partial charge on any atom is 0.244 e. The van der Waals surface area contributed by atoms with Gasteiger partial charge in [-0.3, -0.25) is 9.59 Å². The molecule has 2 heterocycles. The number of nitriles is 2. The van der Waals surface area contributed by atoms with E-state index in [1.165, 1.54) is 23.9 Å². The Morgan fingerprint density at radius 3 is 1.65 bits per heavy atom. The van der Waals surface area contributed by atoms with Crippen LogP contribution in [0.25, 0.3) is 0 Å². The Hall–Kier alpha value is -2.08. The van der Waals surface area contributed by atoms with Gasteiger partial charge in [0.05, 0.1) is 12.1 Å². The first kappa shape index (κ1) is 11.4. The Morgan fingerprint density at radius 2 is 1.35 bits per heavy atom. The average molecular weight is 232 g/mol. The quantitative estimate of drug-likeness (QED) is 0.554. The van der Waals surface area contributed by atoms with Crippen LogP contribution in [0.15, 0.2) is 0 Å². The summed E-state index contributed by atoms with van der Waals surface area (Å²) in [6.07, 6.45) is 0.0132. The lowest BCUT2D eigenvalue weighted by molar-refractivity contribution is -0.163. The number of piperidine rings is 2. The molecule has 0 N–H and O–H groups in total. The number of likely N-dealkylation sites (tertiary alicyclic amines) is 2. The lowest BCUT2D eigenvalue weighted by Gasteiger charge is -2.49. The summed E-state index contributed by atoms with van der Waals surface area (Å²) in [7, 11) is 3.05. The number of rotatable bonds is 0. The van der Waals surface area contributed by atoms with Crippen LogP contribution in [0.3, 0.4) is 0 Å². The van der Waals surface area contributed by atoms with Crippen molar-refractivity contribution in [2.24, 2.45) is 10.8 Å². The van der Waals surface area contributed by atoms with Crippen LogP contribution in [0.1, 0.15) is 6.42 Å². The van der Waals surface area contributed by atoms with Gasteiger partial charge in [-0.25, -0.2) is 0 Å². The van der Waals surface area contributed by atoms with Gasteiger partial charge in [-0.05, 0) is 0 Å². The molecule has 2 atom stereocenters. The smallest absolute Gasteiger partial charge is 0.244 e. The van der Waals surface area contributed by atoms with Crippen molar-refractivity contribution >= 4 is 11.8 Å². The van der Waals surface area contributed by atoms with Crippen molar-refractivity contribution < 1.29 is 9.59 Å². The van der Waals surface area contributed by atoms with Gasteiger partial charge in [0.2, 0.25) is 11.8 Å². The van der Waals surface area contributed by atoms with Gasteiger partial charge >= 0.3 is 0 Å². The third-order valence-corrected chi connectivity index (χ3v) is 3.56. The molecule has 0 aliphatic carbocycles. The Morgan fingerprint density at radius 1 is 1.00 bits per heavy atom. The van der Waals surface area contributed by atoms with E-state index in [0.717, 1.165) is 0 Å². The number of nitrogens with zero attached hydrogens (tertiary/aromatic N) is 4. The molecule has 0 aromatic rings. The second-order valence-electron chi connectivity index (χ2n) is 4.89. The largest absolute Gasteiger partial charge is 0.342 e. The van der Waals surface area contributed by atoms with Gasteiger partial charge in [0.15, 0.2) is 10.8 Å². The summed E-state index contributed by atoms with van der Waals surface area (Å²) in [6.45, 7) is 0.129. The highest BCUT2D eigenvalue weighted by atomic mass is 16.2. The minimum Gasteiger partial charge on any atom is -0.342 e. The zero-order valence-electron chi connectivity index (χ0n) is 9.73. The minimum atomic E-state index is -1.26. The summed E-state index contributed by atoms with van der Waals surface area (Å²) in [4.78, 5) is 26.8. The first-order chi connectivity index (χ1) is 7.91. The zero-order chi connectivity index (χ0) is 12.8. The van der Waals surface area contributed by atoms with Crippen molar-refractivity contribution in [2.45, 2.75) is 6.42 Å². The van der Waals surface area contributed by atoms with Gasteiger partial charge in [0, 0.05) is 33.6 Å². The van der Waals surface area contributed by atoms with Crippen molar-refractivity contribution in [1.29, 1.82) is 10.5 Å². The van der Waals surface area contributed by atoms with Crippen LogP contribution < -0.4 is 0 Å². The lowest BCUT2D eigenvalue weighted by atomic mass is 9.64. The fourth-order valence-corrected chi connectivity index (χ4v) is 2.84. The Labute approximate surface area is 99.0 Å². The molecule has 2 rings (SSSR count). The molecule has 0 spiro atoms. The van der Waals surface area contributed by atoms with E-state index in [1.54, 1.807) is 0 Å². The van der Waals surface area contributed by atoms with Crippen molar-refractivity contribution in [1.82, 2.24) is 9.80 Å². The van der Waals surface area contributed by atoms with Crippen LogP contribution in [0.2, 0.25) is 0 Å². The summed E-state index contributed by atoms with van der Waals surface area (Å²) in [6, 6.07) is 4.01. The maximum absolute atomic E-state index is 12.1. The molecule has 0 radical (unpaired) electrons. The molecule has 2 bridgehead atoms. The molecule has 2 saturated heterocycles. The molecule has 2 amide bonds. The second kappa shape index (κ2) is 3.21. The van der Waals surface area contributed by atoms with Crippen LogP contribution in [-0.4, -0.2) is 48.8 Å². The number of carbonyl (C=O) groups excluding carboxylic acids is 2. The van der Waals surface area contributed by atoms with E-state index in [9.17, 15) is 20.1 Å². The first-order valence-electron chi connectivity index (χ1n) is 5.24. The van der Waals surface area contributed by atoms with E-state index in [-0.39, 0.29) is 31.3 Å². The van der Waals surface area contributed by atoms with Gasteiger partial charge < -0.3 is 9.80 Å². The predicted molar refractivity (Wildman–Crippen MR) is 56.0 cm³/mol. The SMILES string of the molecule is CN1CC2(C#N)CC(C#N)(CN(C)C2=O)C1=O. The lowest BCUT2D eigenvalue weighted by Crippen LogP contribution is -2.66. The van der Waals surface area contributed by atoms with Gasteiger partial charge in [-0.2, -0.15) is 10.5 Å². The normalized spacial score (nSPS) is 36.5. The van der Waals surface area contributed by atoms with Crippen LogP contribution in [0.5, 0.6) is 0 Å². The van der Waals surface area contributed by atoms with Crippen molar-refractivity contribution in [3.63, 3.8) is 0 Å². The zero-order valence-corrected chi connectivity index (χ0v) is 9.73. The molecular formula is C11H12N4O2. The van der Waals surface area contributed by atoms with Gasteiger partial charge in [-0.1, -0.05) is 0 Å². The van der Waals surface area contributed by atoms with Gasteiger partial charge in [-0.15, -0.1) is 0 Å². The van der Waals surface area contributed by atoms with E-state index in [4.69, 9.17) is 0 Å². The summed E-state index contributed by atoms with van der Waals surface area (Å²) < 4.78 is 0. The van der Waals surface area contributed by atoms with Crippen LogP contribution >= 0.6 is 0 Å². The monoisotopic (exact) mass is 232 g/mol. The molecule has 0 aromatic carbocycles. The van der Waals surface area contributed by atoms with Gasteiger partial charge in [0.1, 0.15) is 0 Å². The van der Waals surface area contributed by atoms with Crippen LogP contribution in [0, 0.1) is 33.5 Å². The summed E-state index contributed by atoms with van der Waals surface area (Å²) >= 11 is 0. The fraction of sp³-hybridized carbons (Fsp3) is 0.636. The molecule has 2 aliphatic heterocycles. The van der Waals surface area contributed by atoms with E-state index in [2.05, 4.69) is 0 Å². The molecule has 2 unspecified atom stereocenters. The molecule has 17 heavy (non-hydrogen) atoms. The first-order valence-corrected chi connectivity index (χ1v) is 5.24. The Bertz CT molecular complexity index is 445. The summed E-state index contributed by atoms with van der Waals surface area (Å²) in [5, 5.41) is 18.5. The number of fused-ring (bicyclic) bond motifs is 2. The molecule has 6 heteroatoms. The van der Waals surface area contributed by atoms with E-state index in [0.29, 0.717) is 0 Å². The Balaban J connectivity index is 2.57. The maximum atomic E-state index is 12.1. The third kappa shape index (κ3) is 1.24. The topological polar surface area (TPSA) is 88.2 Å². The number of carbonyl (C=O) groups is 2. The van der Waals surface area contributed by atoms with Crippen LogP contribution in [-0.2, 0) is 9.59 Å². The number of hydrogen-bond acceptors (Lipinski definition) is 4. The van der Waals surface area contributed by atoms with E-state index >= 15 is 0 Å². The summed E-state index contributed by atoms with van der Waals surface area (Å²) in [5.74, 6) is -0.601. The molecule has 2 fully saturated rings. The predicted octanol–water partition coefficient (Wildman–Crippen LogP) is -0.660. The minimum absolute atomic E-state index is 0.0132. The highest BCUT2D eigenvalue weighted by Gasteiger charge is 2.62. The van der Waals surface area contributed by atoms with E-state index < -0.39 is 10.8 Å². The number of amides is 2. The number of hydrogen-bond donors (Lipinski definition) is 0. The molecule has 88 valence electrons. The van der Waals surface area contributed by atoms with Crippen molar-refractivity contribution in [3.8, 4) is 12.1 Å². The average Bonchev–Trinajstić information content (AvgIpc) is 2.32. The fourth-order valence-electron chi connectivity index (χ4n) is 2.84. The highest BCUT2D eigenvalue weighted by Crippen LogP contribution is 2.45. The van der Waals surface area contributed by atoms with Crippen LogP contribution in [0.4, 0.5) is 0 Å². The summed E-state index contributed by atoms with van der Waals surface area (Å²) in [5.41, 5.74) is -2.52. The van der Waals surface area contributed by atoms with Crippen molar-refractivity contribution in [2.75, 3.05) is 27.2 Å².